The highest BCUT2D eigenvalue weighted by Crippen LogP contribution is 2.21. The van der Waals surface area contributed by atoms with Gasteiger partial charge in [-0.2, -0.15) is 0 Å². The highest BCUT2D eigenvalue weighted by molar-refractivity contribution is 6.30. The second-order valence-corrected chi connectivity index (χ2v) is 6.65. The number of halogens is 1. The lowest BCUT2D eigenvalue weighted by atomic mass is 10.2. The summed E-state index contributed by atoms with van der Waals surface area (Å²) in [6.45, 7) is 6.76. The maximum absolute atomic E-state index is 12.4. The molecule has 0 aliphatic heterocycles. The molecule has 0 atom stereocenters. The fourth-order valence-electron chi connectivity index (χ4n) is 2.72. The van der Waals surface area contributed by atoms with Gasteiger partial charge in [0.05, 0.1) is 12.2 Å². The van der Waals surface area contributed by atoms with Crippen LogP contribution in [0.3, 0.4) is 0 Å². The smallest absolute Gasteiger partial charge is 0.258 e. The second kappa shape index (κ2) is 6.65. The van der Waals surface area contributed by atoms with Crippen LogP contribution in [0.5, 0.6) is 0 Å². The van der Waals surface area contributed by atoms with Gasteiger partial charge in [0.1, 0.15) is 5.65 Å². The number of benzene rings is 1. The van der Waals surface area contributed by atoms with E-state index in [9.17, 15) is 4.79 Å². The number of rotatable bonds is 4. The Bertz CT molecular complexity index is 916. The van der Waals surface area contributed by atoms with E-state index in [-0.39, 0.29) is 11.6 Å². The molecule has 4 nitrogen and oxygen atoms in total. The fraction of sp³-hybridized carbons (Fsp3) is 0.263. The number of nitrogens with zero attached hydrogens (tertiary/aromatic N) is 3. The van der Waals surface area contributed by atoms with E-state index in [1.807, 2.05) is 49.5 Å². The Morgan fingerprint density at radius 1 is 1.17 bits per heavy atom. The van der Waals surface area contributed by atoms with Crippen molar-refractivity contribution in [3.05, 3.63) is 75.3 Å². The van der Waals surface area contributed by atoms with Gasteiger partial charge in [-0.1, -0.05) is 17.7 Å². The lowest BCUT2D eigenvalue weighted by molar-refractivity contribution is 0.672. The average Bonchev–Trinajstić information content (AvgIpc) is 2.54. The van der Waals surface area contributed by atoms with E-state index in [1.165, 1.54) is 0 Å². The van der Waals surface area contributed by atoms with Crippen LogP contribution in [-0.4, -0.2) is 15.4 Å². The van der Waals surface area contributed by atoms with Gasteiger partial charge >= 0.3 is 0 Å². The lowest BCUT2D eigenvalue weighted by Gasteiger charge is -2.28. The molecule has 0 aliphatic carbocycles. The van der Waals surface area contributed by atoms with Crippen molar-refractivity contribution in [2.75, 3.05) is 4.90 Å². The van der Waals surface area contributed by atoms with Gasteiger partial charge in [0.15, 0.2) is 0 Å². The third-order valence-corrected chi connectivity index (χ3v) is 4.23. The Hall–Kier alpha value is -2.33. The Labute approximate surface area is 146 Å². The molecule has 0 bridgehead atoms. The largest absolute Gasteiger partial charge is 0.363 e. The zero-order valence-corrected chi connectivity index (χ0v) is 14.8. The molecular formula is C19H20ClN3O. The van der Waals surface area contributed by atoms with Gasteiger partial charge in [0, 0.05) is 29.0 Å². The first-order chi connectivity index (χ1) is 11.4. The first-order valence-electron chi connectivity index (χ1n) is 7.95. The van der Waals surface area contributed by atoms with Crippen LogP contribution in [0.2, 0.25) is 5.02 Å². The van der Waals surface area contributed by atoms with Crippen molar-refractivity contribution in [3.63, 3.8) is 0 Å². The van der Waals surface area contributed by atoms with E-state index in [4.69, 9.17) is 11.6 Å². The van der Waals surface area contributed by atoms with Gasteiger partial charge < -0.3 is 4.90 Å². The van der Waals surface area contributed by atoms with Crippen LogP contribution in [0.4, 0.5) is 5.69 Å². The van der Waals surface area contributed by atoms with E-state index in [0.29, 0.717) is 17.2 Å². The Kier molecular flexibility index (Phi) is 4.58. The Morgan fingerprint density at radius 2 is 1.88 bits per heavy atom. The summed E-state index contributed by atoms with van der Waals surface area (Å²) in [5.74, 6) is 0. The van der Waals surface area contributed by atoms with Crippen molar-refractivity contribution in [2.24, 2.45) is 0 Å². The highest BCUT2D eigenvalue weighted by Gasteiger charge is 2.13. The molecule has 0 N–H and O–H groups in total. The van der Waals surface area contributed by atoms with Crippen molar-refractivity contribution in [1.29, 1.82) is 0 Å². The van der Waals surface area contributed by atoms with E-state index >= 15 is 0 Å². The summed E-state index contributed by atoms with van der Waals surface area (Å²) in [4.78, 5) is 19.2. The van der Waals surface area contributed by atoms with E-state index < -0.39 is 0 Å². The maximum atomic E-state index is 12.4. The highest BCUT2D eigenvalue weighted by atomic mass is 35.5. The number of fused-ring (bicyclic) bond motifs is 1. The van der Waals surface area contributed by atoms with Gasteiger partial charge in [0.2, 0.25) is 0 Å². The van der Waals surface area contributed by atoms with Gasteiger partial charge in [-0.3, -0.25) is 9.20 Å². The molecule has 0 radical (unpaired) electrons. The standard InChI is InChI=1S/C19H20ClN3O/c1-13(2)22(17-7-5-15(20)6-8-17)12-16-10-19(24)23-11-14(3)4-9-18(23)21-16/h4-11,13H,12H2,1-3H3. The number of hydrogen-bond acceptors (Lipinski definition) is 3. The molecule has 0 spiro atoms. The normalized spacial score (nSPS) is 11.2. The summed E-state index contributed by atoms with van der Waals surface area (Å²) >= 11 is 5.98. The molecule has 1 aromatic carbocycles. The van der Waals surface area contributed by atoms with Gasteiger partial charge in [-0.15, -0.1) is 0 Å². The fourth-order valence-corrected chi connectivity index (χ4v) is 2.84. The van der Waals surface area contributed by atoms with E-state index in [1.54, 1.807) is 10.5 Å². The average molecular weight is 342 g/mol. The van der Waals surface area contributed by atoms with Crippen molar-refractivity contribution >= 4 is 22.9 Å². The molecule has 124 valence electrons. The number of hydrogen-bond donors (Lipinski definition) is 0. The number of aromatic nitrogens is 2. The molecule has 0 aliphatic rings. The first-order valence-corrected chi connectivity index (χ1v) is 8.33. The molecule has 24 heavy (non-hydrogen) atoms. The molecule has 3 aromatic rings. The zero-order chi connectivity index (χ0) is 17.3. The van der Waals surface area contributed by atoms with Gasteiger partial charge in [-0.05, 0) is 56.7 Å². The number of anilines is 1. The monoisotopic (exact) mass is 341 g/mol. The second-order valence-electron chi connectivity index (χ2n) is 6.22. The molecule has 2 aromatic heterocycles. The van der Waals surface area contributed by atoms with Crippen LogP contribution in [0, 0.1) is 6.92 Å². The number of pyridine rings is 1. The summed E-state index contributed by atoms with van der Waals surface area (Å²) in [5.41, 5.74) is 3.46. The van der Waals surface area contributed by atoms with Crippen LogP contribution < -0.4 is 10.5 Å². The predicted molar refractivity (Wildman–Crippen MR) is 99.0 cm³/mol. The Balaban J connectivity index is 1.98. The van der Waals surface area contributed by atoms with Crippen LogP contribution >= 0.6 is 11.6 Å². The minimum absolute atomic E-state index is 0.0569. The summed E-state index contributed by atoms with van der Waals surface area (Å²) in [6.07, 6.45) is 1.81. The SMILES string of the molecule is Cc1ccc2nc(CN(c3ccc(Cl)cc3)C(C)C)cc(=O)n2c1. The predicted octanol–water partition coefficient (Wildman–Crippen LogP) is 4.07. The van der Waals surface area contributed by atoms with Crippen LogP contribution in [0.15, 0.2) is 53.5 Å². The molecule has 0 saturated carbocycles. The van der Waals surface area contributed by atoms with Crippen molar-refractivity contribution in [3.8, 4) is 0 Å². The third-order valence-electron chi connectivity index (χ3n) is 3.97. The van der Waals surface area contributed by atoms with Crippen molar-refractivity contribution in [1.82, 2.24) is 9.38 Å². The van der Waals surface area contributed by atoms with E-state index in [0.717, 1.165) is 16.9 Å². The molecule has 5 heteroatoms. The minimum Gasteiger partial charge on any atom is -0.363 e. The molecule has 0 amide bonds. The molecule has 2 heterocycles. The third kappa shape index (κ3) is 3.44. The minimum atomic E-state index is -0.0569. The van der Waals surface area contributed by atoms with Gasteiger partial charge in [0.25, 0.3) is 5.56 Å². The first kappa shape index (κ1) is 16.5. The van der Waals surface area contributed by atoms with Gasteiger partial charge in [-0.25, -0.2) is 4.98 Å². The molecule has 0 saturated heterocycles. The molecular weight excluding hydrogens is 322 g/mol. The van der Waals surface area contributed by atoms with Crippen molar-refractivity contribution in [2.45, 2.75) is 33.4 Å². The molecule has 0 fully saturated rings. The summed E-state index contributed by atoms with van der Waals surface area (Å²) in [7, 11) is 0. The summed E-state index contributed by atoms with van der Waals surface area (Å²) in [5, 5.41) is 0.708. The van der Waals surface area contributed by atoms with Crippen LogP contribution in [0.1, 0.15) is 25.1 Å². The quantitative estimate of drug-likeness (QED) is 0.717. The maximum Gasteiger partial charge on any atom is 0.258 e. The van der Waals surface area contributed by atoms with Crippen molar-refractivity contribution < 1.29 is 0 Å². The van der Waals surface area contributed by atoms with Crippen LogP contribution in [-0.2, 0) is 6.54 Å². The lowest BCUT2D eigenvalue weighted by Crippen LogP contribution is -2.31. The number of aryl methyl sites for hydroxylation is 1. The summed E-state index contributed by atoms with van der Waals surface area (Å²) < 4.78 is 1.58. The molecule has 3 rings (SSSR count). The van der Waals surface area contributed by atoms with Crippen LogP contribution in [0.25, 0.3) is 5.65 Å². The Morgan fingerprint density at radius 3 is 2.54 bits per heavy atom. The topological polar surface area (TPSA) is 37.6 Å². The van der Waals surface area contributed by atoms with E-state index in [2.05, 4.69) is 23.7 Å². The summed E-state index contributed by atoms with van der Waals surface area (Å²) in [6, 6.07) is 13.4. The molecule has 0 unspecified atom stereocenters. The zero-order valence-electron chi connectivity index (χ0n) is 14.0.